The van der Waals surface area contributed by atoms with E-state index in [0.717, 1.165) is 5.56 Å². The molecule has 0 unspecified atom stereocenters. The molecule has 0 radical (unpaired) electrons. The average molecular weight is 486 g/mol. The second-order valence-corrected chi connectivity index (χ2v) is 9.32. The van der Waals surface area contributed by atoms with Crippen molar-refractivity contribution >= 4 is 33.1 Å². The summed E-state index contributed by atoms with van der Waals surface area (Å²) < 4.78 is 6.38. The maximum absolute atomic E-state index is 13.4. The van der Waals surface area contributed by atoms with Gasteiger partial charge in [0, 0.05) is 10.5 Å². The van der Waals surface area contributed by atoms with Crippen LogP contribution in [0.3, 0.4) is 0 Å². The number of benzene rings is 2. The lowest BCUT2D eigenvalue weighted by atomic mass is 9.85. The molecule has 2 aromatic heterocycles. The van der Waals surface area contributed by atoms with E-state index in [-0.39, 0.29) is 17.6 Å². The normalized spacial score (nSPS) is 17.2. The summed E-state index contributed by atoms with van der Waals surface area (Å²) in [6.07, 6.45) is 4.86. The Labute approximate surface area is 205 Å². The Bertz CT molecular complexity index is 1540. The van der Waals surface area contributed by atoms with Crippen molar-refractivity contribution in [3.8, 4) is 0 Å². The van der Waals surface area contributed by atoms with Crippen molar-refractivity contribution in [1.29, 1.82) is 0 Å². The largest absolute Gasteiger partial charge is 0.462 e. The number of hydrogen-bond donors (Lipinski definition) is 2. The van der Waals surface area contributed by atoms with Gasteiger partial charge >= 0.3 is 5.97 Å². The molecule has 1 aliphatic carbocycles. The van der Waals surface area contributed by atoms with E-state index in [4.69, 9.17) is 4.74 Å². The number of nitrogens with one attached hydrogen (secondary N) is 1. The molecular formula is C27H23N3O4S. The Hall–Kier alpha value is -4.01. The highest BCUT2D eigenvalue weighted by molar-refractivity contribution is 7.19. The van der Waals surface area contributed by atoms with Crippen LogP contribution in [0.2, 0.25) is 0 Å². The average Bonchev–Trinajstić information content (AvgIpc) is 3.39. The van der Waals surface area contributed by atoms with E-state index in [0.29, 0.717) is 26.5 Å². The lowest BCUT2D eigenvalue weighted by Gasteiger charge is -2.25. The number of ether oxygens (including phenoxy) is 1. The van der Waals surface area contributed by atoms with Gasteiger partial charge in [-0.2, -0.15) is 0 Å². The van der Waals surface area contributed by atoms with Crippen molar-refractivity contribution in [3.63, 3.8) is 0 Å². The molecule has 5 rings (SSSR count). The van der Waals surface area contributed by atoms with Crippen molar-refractivity contribution in [2.24, 2.45) is 0 Å². The Morgan fingerprint density at radius 1 is 1.14 bits per heavy atom. The van der Waals surface area contributed by atoms with Gasteiger partial charge in [0.2, 0.25) is 0 Å². The van der Waals surface area contributed by atoms with E-state index in [1.165, 1.54) is 22.3 Å². The second-order valence-electron chi connectivity index (χ2n) is 8.12. The first-order chi connectivity index (χ1) is 16.9. The quantitative estimate of drug-likeness (QED) is 0.394. The number of allylic oxidation sites excluding steroid dienone is 1. The SMILES string of the molecule is CCOC(=O)c1c(C)sc2ncn(NC3=C[C@@](O)(c4ccccc4)C(c4ccccc4)=C3)c(=O)c12. The standard InChI is InChI=1S/C27H23N3O4S/c1-3-34-26(32)22-17(2)35-24-23(22)25(31)30(16-28-24)29-20-14-21(18-10-6-4-7-11-18)27(33,15-20)19-12-8-5-9-13-19/h4-16,29,33H,3H2,1-2H3/t27-/m1/s1. The van der Waals surface area contributed by atoms with Crippen LogP contribution < -0.4 is 11.0 Å². The second kappa shape index (κ2) is 8.98. The number of thiophene rings is 1. The highest BCUT2D eigenvalue weighted by Crippen LogP contribution is 2.43. The molecule has 35 heavy (non-hydrogen) atoms. The van der Waals surface area contributed by atoms with Gasteiger partial charge in [-0.3, -0.25) is 10.2 Å². The van der Waals surface area contributed by atoms with Crippen LogP contribution in [-0.2, 0) is 10.3 Å². The van der Waals surface area contributed by atoms with Crippen molar-refractivity contribution in [2.75, 3.05) is 12.0 Å². The molecule has 0 saturated carbocycles. The topological polar surface area (TPSA) is 93.4 Å². The molecule has 1 atom stereocenters. The number of nitrogens with zero attached hydrogens (tertiary/aromatic N) is 2. The zero-order valence-corrected chi connectivity index (χ0v) is 20.0. The number of aryl methyl sites for hydroxylation is 1. The highest BCUT2D eigenvalue weighted by Gasteiger charge is 2.37. The lowest BCUT2D eigenvalue weighted by Crippen LogP contribution is -2.29. The number of rotatable bonds is 6. The minimum Gasteiger partial charge on any atom is -0.462 e. The lowest BCUT2D eigenvalue weighted by molar-refractivity contribution is 0.0528. The van der Waals surface area contributed by atoms with Gasteiger partial charge in [-0.15, -0.1) is 11.3 Å². The first-order valence-electron chi connectivity index (χ1n) is 11.2. The summed E-state index contributed by atoms with van der Waals surface area (Å²) >= 11 is 1.27. The van der Waals surface area contributed by atoms with Crippen molar-refractivity contribution in [1.82, 2.24) is 9.66 Å². The summed E-state index contributed by atoms with van der Waals surface area (Å²) in [5, 5.41) is 12.0. The fourth-order valence-electron chi connectivity index (χ4n) is 4.30. The number of esters is 1. The van der Waals surface area contributed by atoms with Gasteiger partial charge in [-0.1, -0.05) is 60.7 Å². The molecule has 7 nitrogen and oxygen atoms in total. The molecule has 8 heteroatoms. The molecule has 2 N–H and O–H groups in total. The monoisotopic (exact) mass is 485 g/mol. The fraction of sp³-hybridized carbons (Fsp3) is 0.148. The highest BCUT2D eigenvalue weighted by atomic mass is 32.1. The van der Waals surface area contributed by atoms with Crippen LogP contribution >= 0.6 is 11.3 Å². The van der Waals surface area contributed by atoms with Gasteiger partial charge < -0.3 is 9.84 Å². The Balaban J connectivity index is 1.60. The first-order valence-corrected chi connectivity index (χ1v) is 12.0. The third-order valence-corrected chi connectivity index (χ3v) is 6.90. The van der Waals surface area contributed by atoms with Gasteiger partial charge in [-0.25, -0.2) is 14.5 Å². The number of carbonyl (C=O) groups excluding carboxylic acids is 1. The molecule has 0 spiro atoms. The molecule has 0 bridgehead atoms. The van der Waals surface area contributed by atoms with Gasteiger partial charge in [0.15, 0.2) is 0 Å². The molecule has 2 aromatic carbocycles. The molecule has 0 fully saturated rings. The van der Waals surface area contributed by atoms with E-state index in [1.54, 1.807) is 19.9 Å². The van der Waals surface area contributed by atoms with Gasteiger partial charge in [0.25, 0.3) is 5.56 Å². The zero-order chi connectivity index (χ0) is 24.6. The third kappa shape index (κ3) is 3.96. The van der Waals surface area contributed by atoms with Crippen LogP contribution in [0.25, 0.3) is 15.8 Å². The molecule has 176 valence electrons. The molecule has 1 aliphatic rings. The maximum Gasteiger partial charge on any atom is 0.340 e. The number of carbonyl (C=O) groups is 1. The third-order valence-electron chi connectivity index (χ3n) is 5.89. The smallest absolute Gasteiger partial charge is 0.340 e. The molecule has 0 saturated heterocycles. The summed E-state index contributed by atoms with van der Waals surface area (Å²) in [5.74, 6) is -0.544. The maximum atomic E-state index is 13.4. The van der Waals surface area contributed by atoms with E-state index in [9.17, 15) is 14.7 Å². The van der Waals surface area contributed by atoms with Crippen LogP contribution in [0.1, 0.15) is 33.3 Å². The Kier molecular flexibility index (Phi) is 5.84. The summed E-state index contributed by atoms with van der Waals surface area (Å²) in [7, 11) is 0. The summed E-state index contributed by atoms with van der Waals surface area (Å²) in [6.45, 7) is 3.70. The van der Waals surface area contributed by atoms with E-state index >= 15 is 0 Å². The zero-order valence-electron chi connectivity index (χ0n) is 19.2. The van der Waals surface area contributed by atoms with Crippen molar-refractivity contribution < 1.29 is 14.6 Å². The minimum absolute atomic E-state index is 0.209. The molecule has 0 aliphatic heterocycles. The number of aromatic nitrogens is 2. The van der Waals surface area contributed by atoms with E-state index in [1.807, 2.05) is 66.7 Å². The van der Waals surface area contributed by atoms with Gasteiger partial charge in [0.1, 0.15) is 16.8 Å². The number of aliphatic hydroxyl groups is 1. The molecule has 0 amide bonds. The van der Waals surface area contributed by atoms with Crippen molar-refractivity contribution in [2.45, 2.75) is 19.4 Å². The van der Waals surface area contributed by atoms with Crippen LogP contribution in [-0.4, -0.2) is 27.3 Å². The number of hydrogen-bond acceptors (Lipinski definition) is 7. The van der Waals surface area contributed by atoms with Gasteiger partial charge in [-0.05, 0) is 37.1 Å². The summed E-state index contributed by atoms with van der Waals surface area (Å²) in [4.78, 5) is 31.4. The van der Waals surface area contributed by atoms with Crippen LogP contribution in [0, 0.1) is 6.92 Å². The van der Waals surface area contributed by atoms with Crippen LogP contribution in [0.5, 0.6) is 0 Å². The van der Waals surface area contributed by atoms with Crippen molar-refractivity contribution in [3.05, 3.63) is 117 Å². The predicted molar refractivity (Wildman–Crippen MR) is 137 cm³/mol. The van der Waals surface area contributed by atoms with Crippen LogP contribution in [0.15, 0.2) is 89.6 Å². The Morgan fingerprint density at radius 3 is 2.51 bits per heavy atom. The van der Waals surface area contributed by atoms with E-state index < -0.39 is 17.1 Å². The van der Waals surface area contributed by atoms with Gasteiger partial charge in [0.05, 0.1) is 23.3 Å². The van der Waals surface area contributed by atoms with Crippen LogP contribution in [0.4, 0.5) is 0 Å². The summed E-state index contributed by atoms with van der Waals surface area (Å²) in [6, 6.07) is 18.9. The molecule has 2 heterocycles. The molecular weight excluding hydrogens is 462 g/mol. The summed E-state index contributed by atoms with van der Waals surface area (Å²) in [5.41, 5.74) is 4.21. The number of fused-ring (bicyclic) bond motifs is 1. The fourth-order valence-corrected chi connectivity index (χ4v) is 5.27. The predicted octanol–water partition coefficient (Wildman–Crippen LogP) is 4.36. The first kappa shape index (κ1) is 22.8. The van der Waals surface area contributed by atoms with E-state index in [2.05, 4.69) is 10.4 Å². The molecule has 4 aromatic rings. The Morgan fingerprint density at radius 2 is 1.83 bits per heavy atom. The minimum atomic E-state index is -1.40.